The van der Waals surface area contributed by atoms with Gasteiger partial charge >= 0.3 is 0 Å². The molecule has 1 amide bonds. The molecular formula is C29H30N4O3. The average Bonchev–Trinajstić information content (AvgIpc) is 3.32. The van der Waals surface area contributed by atoms with E-state index in [-0.39, 0.29) is 29.3 Å². The lowest BCUT2D eigenvalue weighted by atomic mass is 9.85. The van der Waals surface area contributed by atoms with Crippen molar-refractivity contribution in [1.29, 1.82) is 5.41 Å². The predicted molar refractivity (Wildman–Crippen MR) is 140 cm³/mol. The van der Waals surface area contributed by atoms with Gasteiger partial charge in [0.15, 0.2) is 5.78 Å². The monoisotopic (exact) mass is 482 g/mol. The number of nitrogens with one attached hydrogen (secondary N) is 1. The molecule has 0 saturated heterocycles. The number of fused-ring (bicyclic) bond motifs is 2. The Balaban J connectivity index is 1.57. The Morgan fingerprint density at radius 2 is 1.64 bits per heavy atom. The second-order valence-electron chi connectivity index (χ2n) is 10.0. The third kappa shape index (κ3) is 4.00. The fourth-order valence-corrected chi connectivity index (χ4v) is 4.79. The van der Waals surface area contributed by atoms with E-state index in [1.54, 1.807) is 17.7 Å². The molecule has 0 radical (unpaired) electrons. The van der Waals surface area contributed by atoms with Crippen LogP contribution >= 0.6 is 0 Å². The first-order valence-electron chi connectivity index (χ1n) is 12.0. The molecular weight excluding hydrogens is 452 g/mol. The number of amides is 1. The van der Waals surface area contributed by atoms with Gasteiger partial charge in [-0.3, -0.25) is 15.0 Å². The van der Waals surface area contributed by atoms with E-state index in [0.29, 0.717) is 30.2 Å². The highest BCUT2D eigenvalue weighted by Gasteiger charge is 2.36. The maximum absolute atomic E-state index is 13.7. The summed E-state index contributed by atoms with van der Waals surface area (Å²) in [4.78, 5) is 27.4. The number of Topliss-reactive ketones (excluding diaryl/α,β-unsaturated/α-hetero) is 1. The largest absolute Gasteiger partial charge is 0.490 e. The number of rotatable bonds is 6. The van der Waals surface area contributed by atoms with Gasteiger partial charge in [0.25, 0.3) is 0 Å². The van der Waals surface area contributed by atoms with Crippen LogP contribution in [0.2, 0.25) is 0 Å². The maximum atomic E-state index is 13.7. The maximum Gasteiger partial charge on any atom is 0.223 e. The summed E-state index contributed by atoms with van der Waals surface area (Å²) in [7, 11) is 1.69. The molecule has 0 bridgehead atoms. The number of benzene rings is 3. The molecule has 0 fully saturated rings. The van der Waals surface area contributed by atoms with Crippen molar-refractivity contribution in [2.45, 2.75) is 39.3 Å². The number of ketones is 1. The topological polar surface area (TPSA) is 80.3 Å². The zero-order chi connectivity index (χ0) is 25.6. The molecule has 0 unspecified atom stereocenters. The average molecular weight is 483 g/mol. The van der Waals surface area contributed by atoms with Crippen molar-refractivity contribution in [2.24, 2.45) is 0 Å². The number of para-hydroxylation sites is 2. The first-order chi connectivity index (χ1) is 17.2. The molecule has 36 heavy (non-hydrogen) atoms. The number of carbonyl (C=O) groups is 2. The summed E-state index contributed by atoms with van der Waals surface area (Å²) >= 11 is 0. The van der Waals surface area contributed by atoms with E-state index < -0.39 is 0 Å². The molecule has 7 nitrogen and oxygen atoms in total. The molecule has 7 heteroatoms. The van der Waals surface area contributed by atoms with Crippen LogP contribution < -0.4 is 15.3 Å². The summed E-state index contributed by atoms with van der Waals surface area (Å²) in [5.74, 6) is 0.393. The van der Waals surface area contributed by atoms with Gasteiger partial charge in [-0.15, -0.1) is 0 Å². The van der Waals surface area contributed by atoms with Crippen LogP contribution in [0.15, 0.2) is 66.7 Å². The molecule has 184 valence electrons. The van der Waals surface area contributed by atoms with Crippen LogP contribution in [0.1, 0.15) is 42.3 Å². The Bertz CT molecular complexity index is 1550. The Hall–Kier alpha value is -4.13. The molecule has 1 aliphatic rings. The van der Waals surface area contributed by atoms with Crippen LogP contribution in [0, 0.1) is 5.41 Å². The second kappa shape index (κ2) is 8.82. The standard InChI is InChI=1S/C29H30N4O3/c1-19(34)31(4)25-15-21(14-22-27(25)36-18-29(22,2)3)26(35)17-33-24-13-9-8-12-23(24)32(28(33)30)16-20-10-6-5-7-11-20/h5-15,30H,16-18H2,1-4H3. The van der Waals surface area contributed by atoms with Crippen LogP contribution in [0.4, 0.5) is 5.69 Å². The minimum atomic E-state index is -0.280. The second-order valence-corrected chi connectivity index (χ2v) is 10.0. The highest BCUT2D eigenvalue weighted by Crippen LogP contribution is 2.45. The number of hydrogen-bond donors (Lipinski definition) is 1. The van der Waals surface area contributed by atoms with Crippen molar-refractivity contribution < 1.29 is 14.3 Å². The molecule has 0 aliphatic carbocycles. The molecule has 2 heterocycles. The van der Waals surface area contributed by atoms with E-state index in [1.165, 1.54) is 11.8 Å². The summed E-state index contributed by atoms with van der Waals surface area (Å²) < 4.78 is 9.64. The zero-order valence-electron chi connectivity index (χ0n) is 21.0. The number of hydrogen-bond acceptors (Lipinski definition) is 4. The van der Waals surface area contributed by atoms with Crippen LogP contribution in [0.3, 0.4) is 0 Å². The van der Waals surface area contributed by atoms with Crippen molar-refractivity contribution in [3.05, 3.63) is 89.0 Å². The number of nitrogens with zero attached hydrogens (tertiary/aromatic N) is 3. The quantitative estimate of drug-likeness (QED) is 0.411. The third-order valence-electron chi connectivity index (χ3n) is 6.99. The molecule has 0 spiro atoms. The number of anilines is 1. The summed E-state index contributed by atoms with van der Waals surface area (Å²) in [6.45, 7) is 6.67. The van der Waals surface area contributed by atoms with Gasteiger partial charge < -0.3 is 18.8 Å². The number of imidazole rings is 1. The number of ether oxygens (including phenoxy) is 1. The van der Waals surface area contributed by atoms with Crippen molar-refractivity contribution in [2.75, 3.05) is 18.6 Å². The predicted octanol–water partition coefficient (Wildman–Crippen LogP) is 4.51. The highest BCUT2D eigenvalue weighted by molar-refractivity contribution is 6.01. The lowest BCUT2D eigenvalue weighted by Crippen LogP contribution is -2.28. The summed E-state index contributed by atoms with van der Waals surface area (Å²) in [6, 6.07) is 21.4. The van der Waals surface area contributed by atoms with E-state index in [9.17, 15) is 9.59 Å². The molecule has 0 saturated carbocycles. The smallest absolute Gasteiger partial charge is 0.223 e. The molecule has 5 rings (SSSR count). The molecule has 1 aromatic heterocycles. The summed E-state index contributed by atoms with van der Waals surface area (Å²) in [5, 5.41) is 8.93. The number of aromatic nitrogens is 2. The van der Waals surface area contributed by atoms with E-state index in [1.807, 2.05) is 65.2 Å². The van der Waals surface area contributed by atoms with Crippen molar-refractivity contribution in [1.82, 2.24) is 9.13 Å². The van der Waals surface area contributed by atoms with Gasteiger partial charge in [0, 0.05) is 30.5 Å². The molecule has 1 N–H and O–H groups in total. The van der Waals surface area contributed by atoms with Gasteiger partial charge in [-0.25, -0.2) is 0 Å². The molecule has 4 aromatic rings. The van der Waals surface area contributed by atoms with Crippen LogP contribution in [-0.2, 0) is 23.3 Å². The molecule has 3 aromatic carbocycles. The van der Waals surface area contributed by atoms with Gasteiger partial charge in [0.1, 0.15) is 5.75 Å². The van der Waals surface area contributed by atoms with E-state index in [2.05, 4.69) is 13.8 Å². The third-order valence-corrected chi connectivity index (χ3v) is 6.99. The van der Waals surface area contributed by atoms with E-state index >= 15 is 0 Å². The fourth-order valence-electron chi connectivity index (χ4n) is 4.79. The van der Waals surface area contributed by atoms with Gasteiger partial charge in [0.05, 0.1) is 36.4 Å². The normalized spacial score (nSPS) is 13.9. The van der Waals surface area contributed by atoms with Gasteiger partial charge in [-0.05, 0) is 29.8 Å². The first kappa shape index (κ1) is 23.6. The Kier molecular flexibility index (Phi) is 5.79. The van der Waals surface area contributed by atoms with E-state index in [0.717, 1.165) is 22.2 Å². The molecule has 1 aliphatic heterocycles. The Labute approximate surface area is 210 Å². The van der Waals surface area contributed by atoms with E-state index in [4.69, 9.17) is 10.1 Å². The zero-order valence-corrected chi connectivity index (χ0v) is 21.0. The van der Waals surface area contributed by atoms with Gasteiger partial charge in [0.2, 0.25) is 11.5 Å². The fraction of sp³-hybridized carbons (Fsp3) is 0.276. The van der Waals surface area contributed by atoms with Crippen LogP contribution in [0.5, 0.6) is 5.75 Å². The molecule has 0 atom stereocenters. The summed E-state index contributed by atoms with van der Waals surface area (Å²) in [5.41, 5.74) is 4.81. The van der Waals surface area contributed by atoms with Gasteiger partial charge in [-0.2, -0.15) is 0 Å². The summed E-state index contributed by atoms with van der Waals surface area (Å²) in [6.07, 6.45) is 0. The number of carbonyl (C=O) groups excluding carboxylic acids is 2. The minimum absolute atomic E-state index is 0.0183. The van der Waals surface area contributed by atoms with Gasteiger partial charge in [-0.1, -0.05) is 56.3 Å². The van der Waals surface area contributed by atoms with Crippen LogP contribution in [0.25, 0.3) is 11.0 Å². The lowest BCUT2D eigenvalue weighted by molar-refractivity contribution is -0.116. The van der Waals surface area contributed by atoms with Crippen LogP contribution in [-0.4, -0.2) is 34.5 Å². The first-order valence-corrected chi connectivity index (χ1v) is 12.0. The Morgan fingerprint density at radius 3 is 2.31 bits per heavy atom. The Morgan fingerprint density at radius 1 is 1.00 bits per heavy atom. The van der Waals surface area contributed by atoms with Crippen molar-refractivity contribution >= 4 is 28.4 Å². The SMILES string of the molecule is CC(=O)N(C)c1cc(C(=O)Cn2c(=N)n(Cc3ccccc3)c3ccccc32)cc2c1OCC2(C)C. The minimum Gasteiger partial charge on any atom is -0.490 e. The highest BCUT2D eigenvalue weighted by atomic mass is 16.5. The van der Waals surface area contributed by atoms with Crippen molar-refractivity contribution in [3.63, 3.8) is 0 Å². The van der Waals surface area contributed by atoms with Crippen molar-refractivity contribution in [3.8, 4) is 5.75 Å². The lowest BCUT2D eigenvalue weighted by Gasteiger charge is -2.21.